The zero-order valence-electron chi connectivity index (χ0n) is 19.7. The fourth-order valence-electron chi connectivity index (χ4n) is 3.97. The van der Waals surface area contributed by atoms with Crippen LogP contribution >= 0.6 is 0 Å². The Labute approximate surface area is 199 Å². The van der Waals surface area contributed by atoms with Gasteiger partial charge < -0.3 is 24.4 Å². The lowest BCUT2D eigenvalue weighted by molar-refractivity contribution is -0.142. The van der Waals surface area contributed by atoms with E-state index in [9.17, 15) is 4.79 Å². The van der Waals surface area contributed by atoms with Crippen LogP contribution in [0.15, 0.2) is 65.1 Å². The quantitative estimate of drug-likeness (QED) is 0.330. The summed E-state index contributed by atoms with van der Waals surface area (Å²) < 4.78 is 22.7. The predicted molar refractivity (Wildman–Crippen MR) is 132 cm³/mol. The first-order valence-corrected chi connectivity index (χ1v) is 11.3. The molecule has 0 saturated heterocycles. The summed E-state index contributed by atoms with van der Waals surface area (Å²) in [7, 11) is 1.60. The van der Waals surface area contributed by atoms with Gasteiger partial charge in [-0.3, -0.25) is 4.79 Å². The highest BCUT2D eigenvalue weighted by atomic mass is 16.5. The third-order valence-electron chi connectivity index (χ3n) is 5.78. The van der Waals surface area contributed by atoms with Gasteiger partial charge in [0.2, 0.25) is 0 Å². The Kier molecular flexibility index (Phi) is 7.18. The van der Waals surface area contributed by atoms with Crippen molar-refractivity contribution in [3.63, 3.8) is 0 Å². The molecule has 0 aliphatic heterocycles. The molecular formula is C28H29NO5. The Balaban J connectivity index is 1.65. The van der Waals surface area contributed by atoms with Gasteiger partial charge in [0.15, 0.2) is 0 Å². The molecule has 2 N–H and O–H groups in total. The molecule has 34 heavy (non-hydrogen) atoms. The van der Waals surface area contributed by atoms with E-state index in [0.717, 1.165) is 44.5 Å². The molecule has 6 heteroatoms. The largest absolute Gasteiger partial charge is 0.497 e. The van der Waals surface area contributed by atoms with E-state index in [-0.39, 0.29) is 19.0 Å². The number of carbonyl (C=O) groups is 1. The highest BCUT2D eigenvalue weighted by Crippen LogP contribution is 2.33. The van der Waals surface area contributed by atoms with Crippen molar-refractivity contribution in [3.8, 4) is 22.6 Å². The summed E-state index contributed by atoms with van der Waals surface area (Å²) in [5.41, 5.74) is 11.6. The number of esters is 1. The molecule has 0 atom stereocenters. The molecule has 0 radical (unpaired) electrons. The molecule has 0 saturated carbocycles. The van der Waals surface area contributed by atoms with Gasteiger partial charge in [-0.1, -0.05) is 30.3 Å². The molecule has 1 heterocycles. The fraction of sp³-hybridized carbons (Fsp3) is 0.250. The number of methoxy groups -OCH3 is 1. The molecule has 176 valence electrons. The van der Waals surface area contributed by atoms with Gasteiger partial charge in [-0.15, -0.1) is 0 Å². The number of benzene rings is 3. The molecule has 0 amide bonds. The summed E-state index contributed by atoms with van der Waals surface area (Å²) in [5, 5.41) is 0.989. The molecule has 0 spiro atoms. The number of rotatable bonds is 9. The SMILES string of the molecule is CCOC(=O)Cc1ccc(OC)cc1OCc1c(C)oc2ccc(-c3cccc(CN)c3)cc12. The van der Waals surface area contributed by atoms with Gasteiger partial charge in [0, 0.05) is 29.1 Å². The molecule has 0 unspecified atom stereocenters. The Hall–Kier alpha value is -3.77. The van der Waals surface area contributed by atoms with E-state index >= 15 is 0 Å². The summed E-state index contributed by atoms with van der Waals surface area (Å²) in [6.07, 6.45) is 0.125. The van der Waals surface area contributed by atoms with Crippen LogP contribution in [0, 0.1) is 6.92 Å². The van der Waals surface area contributed by atoms with E-state index in [0.29, 0.717) is 24.7 Å². The van der Waals surface area contributed by atoms with Gasteiger partial charge >= 0.3 is 5.97 Å². The maximum Gasteiger partial charge on any atom is 0.310 e. The zero-order valence-corrected chi connectivity index (χ0v) is 19.7. The minimum atomic E-state index is -0.299. The predicted octanol–water partition coefficient (Wildman–Crippen LogP) is 5.56. The normalized spacial score (nSPS) is 10.9. The Morgan fingerprint density at radius 3 is 2.62 bits per heavy atom. The topological polar surface area (TPSA) is 83.9 Å². The van der Waals surface area contributed by atoms with Crippen LogP contribution in [0.3, 0.4) is 0 Å². The third kappa shape index (κ3) is 5.07. The third-order valence-corrected chi connectivity index (χ3v) is 5.78. The minimum absolute atomic E-state index is 0.125. The molecule has 4 aromatic rings. The van der Waals surface area contributed by atoms with E-state index in [2.05, 4.69) is 18.2 Å². The first-order chi connectivity index (χ1) is 16.5. The maximum atomic E-state index is 12.1. The second-order valence-corrected chi connectivity index (χ2v) is 8.00. The number of hydrogen-bond acceptors (Lipinski definition) is 6. The first-order valence-electron chi connectivity index (χ1n) is 11.3. The van der Waals surface area contributed by atoms with Gasteiger partial charge in [-0.2, -0.15) is 0 Å². The van der Waals surface area contributed by atoms with Crippen LogP contribution < -0.4 is 15.2 Å². The average molecular weight is 460 g/mol. The van der Waals surface area contributed by atoms with Gasteiger partial charge in [0.05, 0.1) is 20.1 Å². The molecule has 4 rings (SSSR count). The van der Waals surface area contributed by atoms with E-state index in [1.165, 1.54) is 0 Å². The van der Waals surface area contributed by atoms with Crippen LogP contribution in [-0.4, -0.2) is 19.7 Å². The highest BCUT2D eigenvalue weighted by Gasteiger charge is 2.16. The summed E-state index contributed by atoms with van der Waals surface area (Å²) in [4.78, 5) is 12.1. The standard InChI is InChI=1S/C28H29NO5/c1-4-32-28(30)14-22-8-10-23(31-3)15-27(22)33-17-25-18(2)34-26-11-9-21(13-24(25)26)20-7-5-6-19(12-20)16-29/h5-13,15H,4,14,16-17,29H2,1-3H3. The summed E-state index contributed by atoms with van der Waals surface area (Å²) in [5.74, 6) is 1.72. The van der Waals surface area contributed by atoms with Crippen molar-refractivity contribution in [2.75, 3.05) is 13.7 Å². The first kappa shape index (κ1) is 23.4. The number of ether oxygens (including phenoxy) is 3. The van der Waals surface area contributed by atoms with E-state index in [4.69, 9.17) is 24.4 Å². The van der Waals surface area contributed by atoms with Crippen LogP contribution in [0.25, 0.3) is 22.1 Å². The number of nitrogens with two attached hydrogens (primary N) is 1. The second kappa shape index (κ2) is 10.4. The zero-order chi connectivity index (χ0) is 24.1. The van der Waals surface area contributed by atoms with Crippen LogP contribution in [0.2, 0.25) is 0 Å². The molecule has 1 aromatic heterocycles. The number of carbonyl (C=O) groups excluding carboxylic acids is 1. The van der Waals surface area contributed by atoms with Crippen LogP contribution in [0.5, 0.6) is 11.5 Å². The molecule has 6 nitrogen and oxygen atoms in total. The Morgan fingerprint density at radius 2 is 1.85 bits per heavy atom. The maximum absolute atomic E-state index is 12.1. The Morgan fingerprint density at radius 1 is 1.03 bits per heavy atom. The number of aryl methyl sites for hydroxylation is 1. The highest BCUT2D eigenvalue weighted by molar-refractivity contribution is 5.87. The van der Waals surface area contributed by atoms with Crippen molar-refractivity contribution >= 4 is 16.9 Å². The molecule has 0 fully saturated rings. The molecule has 3 aromatic carbocycles. The lowest BCUT2D eigenvalue weighted by atomic mass is 10.0. The average Bonchev–Trinajstić information content (AvgIpc) is 3.17. The summed E-state index contributed by atoms with van der Waals surface area (Å²) in [6, 6.07) is 19.8. The van der Waals surface area contributed by atoms with E-state index in [1.54, 1.807) is 20.1 Å². The van der Waals surface area contributed by atoms with Gasteiger partial charge in [-0.05, 0) is 54.8 Å². The van der Waals surface area contributed by atoms with E-state index in [1.807, 2.05) is 43.3 Å². The van der Waals surface area contributed by atoms with E-state index < -0.39 is 0 Å². The molecular weight excluding hydrogens is 430 g/mol. The van der Waals surface area contributed by atoms with Crippen molar-refractivity contribution in [2.24, 2.45) is 5.73 Å². The second-order valence-electron chi connectivity index (χ2n) is 8.00. The van der Waals surface area contributed by atoms with Crippen molar-refractivity contribution in [3.05, 3.63) is 83.1 Å². The van der Waals surface area contributed by atoms with Crippen LogP contribution in [-0.2, 0) is 29.1 Å². The van der Waals surface area contributed by atoms with Crippen molar-refractivity contribution in [1.29, 1.82) is 0 Å². The fourth-order valence-corrected chi connectivity index (χ4v) is 3.97. The Bertz CT molecular complexity index is 1310. The summed E-state index contributed by atoms with van der Waals surface area (Å²) >= 11 is 0. The smallest absolute Gasteiger partial charge is 0.310 e. The molecule has 0 aliphatic carbocycles. The molecule has 0 bridgehead atoms. The molecule has 0 aliphatic rings. The van der Waals surface area contributed by atoms with Gasteiger partial charge in [0.1, 0.15) is 29.4 Å². The van der Waals surface area contributed by atoms with Crippen molar-refractivity contribution in [1.82, 2.24) is 0 Å². The van der Waals surface area contributed by atoms with Crippen molar-refractivity contribution in [2.45, 2.75) is 33.4 Å². The van der Waals surface area contributed by atoms with Crippen molar-refractivity contribution < 1.29 is 23.4 Å². The van der Waals surface area contributed by atoms with Gasteiger partial charge in [0.25, 0.3) is 0 Å². The number of fused-ring (bicyclic) bond motifs is 1. The lowest BCUT2D eigenvalue weighted by Gasteiger charge is -2.13. The van der Waals surface area contributed by atoms with Crippen LogP contribution in [0.1, 0.15) is 29.4 Å². The number of hydrogen-bond donors (Lipinski definition) is 1. The number of furan rings is 1. The van der Waals surface area contributed by atoms with Gasteiger partial charge in [-0.25, -0.2) is 0 Å². The monoisotopic (exact) mass is 459 g/mol. The van der Waals surface area contributed by atoms with Crippen LogP contribution in [0.4, 0.5) is 0 Å². The summed E-state index contributed by atoms with van der Waals surface area (Å²) in [6.45, 7) is 4.83. The lowest BCUT2D eigenvalue weighted by Crippen LogP contribution is -2.09. The minimum Gasteiger partial charge on any atom is -0.497 e.